The van der Waals surface area contributed by atoms with E-state index in [1.807, 2.05) is 6.92 Å². The monoisotopic (exact) mass is 300 g/mol. The van der Waals surface area contributed by atoms with Crippen LogP contribution in [-0.4, -0.2) is 38.9 Å². The Morgan fingerprint density at radius 3 is 2.75 bits per heavy atom. The summed E-state index contributed by atoms with van der Waals surface area (Å²) >= 11 is 0. The van der Waals surface area contributed by atoms with Gasteiger partial charge in [-0.05, 0) is 31.0 Å². The molecule has 20 heavy (non-hydrogen) atoms. The number of benzene rings is 1. The van der Waals surface area contributed by atoms with E-state index >= 15 is 0 Å². The van der Waals surface area contributed by atoms with Gasteiger partial charge in [0.1, 0.15) is 10.5 Å². The number of rotatable bonds is 4. The van der Waals surface area contributed by atoms with Gasteiger partial charge in [0.25, 0.3) is 0 Å². The van der Waals surface area contributed by atoms with Crippen molar-refractivity contribution in [3.8, 4) is 0 Å². The van der Waals surface area contributed by atoms with Crippen LogP contribution in [0.1, 0.15) is 17.5 Å². The first kappa shape index (κ1) is 15.2. The van der Waals surface area contributed by atoms with Gasteiger partial charge in [0.15, 0.2) is 0 Å². The number of sulfonamides is 1. The molecule has 0 spiro atoms. The molecule has 1 saturated heterocycles. The Kier molecular flexibility index (Phi) is 4.06. The van der Waals surface area contributed by atoms with E-state index in [0.717, 1.165) is 5.56 Å². The molecule has 2 rings (SSSR count). The Hall–Kier alpha value is -1.15. The molecule has 1 fully saturated rings. The molecule has 0 saturated carbocycles. The van der Waals surface area contributed by atoms with Gasteiger partial charge in [-0.25, -0.2) is 13.1 Å². The van der Waals surface area contributed by atoms with E-state index in [-0.39, 0.29) is 23.7 Å². The lowest BCUT2D eigenvalue weighted by molar-refractivity contribution is 0.0314. The van der Waals surface area contributed by atoms with Gasteiger partial charge in [0.2, 0.25) is 10.0 Å². The molecule has 0 aromatic heterocycles. The molecular weight excluding hydrogens is 280 g/mol. The van der Waals surface area contributed by atoms with Crippen molar-refractivity contribution >= 4 is 15.7 Å². The van der Waals surface area contributed by atoms with E-state index in [9.17, 15) is 13.5 Å². The standard InChI is InChI=1S/C13H20N2O4S/c1-9-3-4-11(14)12(10(9)2)20(17,18)15-7-13(16)5-6-19-8-13/h3-4,15-16H,5-8,14H2,1-2H3. The zero-order valence-electron chi connectivity index (χ0n) is 11.6. The third kappa shape index (κ3) is 2.95. The first-order chi connectivity index (χ1) is 9.25. The summed E-state index contributed by atoms with van der Waals surface area (Å²) in [5.74, 6) is 0. The van der Waals surface area contributed by atoms with E-state index in [2.05, 4.69) is 4.72 Å². The van der Waals surface area contributed by atoms with Crippen LogP contribution in [0.2, 0.25) is 0 Å². The third-order valence-corrected chi connectivity index (χ3v) is 5.25. The maximum absolute atomic E-state index is 12.4. The Morgan fingerprint density at radius 1 is 1.45 bits per heavy atom. The molecule has 0 aliphatic carbocycles. The van der Waals surface area contributed by atoms with E-state index in [1.165, 1.54) is 0 Å². The molecule has 1 aromatic rings. The third-order valence-electron chi connectivity index (χ3n) is 3.65. The maximum atomic E-state index is 12.4. The van der Waals surface area contributed by atoms with E-state index in [4.69, 9.17) is 10.5 Å². The molecule has 0 bridgehead atoms. The topological polar surface area (TPSA) is 102 Å². The fraction of sp³-hybridized carbons (Fsp3) is 0.538. The van der Waals surface area contributed by atoms with Crippen LogP contribution in [-0.2, 0) is 14.8 Å². The average molecular weight is 300 g/mol. The first-order valence-electron chi connectivity index (χ1n) is 6.41. The van der Waals surface area contributed by atoms with Crippen LogP contribution in [0.25, 0.3) is 0 Å². The highest BCUT2D eigenvalue weighted by molar-refractivity contribution is 7.89. The van der Waals surface area contributed by atoms with Crippen molar-refractivity contribution in [2.45, 2.75) is 30.8 Å². The van der Waals surface area contributed by atoms with Crippen molar-refractivity contribution in [3.05, 3.63) is 23.3 Å². The molecule has 1 unspecified atom stereocenters. The highest BCUT2D eigenvalue weighted by Crippen LogP contribution is 2.26. The molecule has 1 aromatic carbocycles. The van der Waals surface area contributed by atoms with Crippen LogP contribution in [0, 0.1) is 13.8 Å². The van der Waals surface area contributed by atoms with E-state index in [1.54, 1.807) is 19.1 Å². The number of ether oxygens (including phenoxy) is 1. The first-order valence-corrected chi connectivity index (χ1v) is 7.89. The van der Waals surface area contributed by atoms with Crippen LogP contribution >= 0.6 is 0 Å². The van der Waals surface area contributed by atoms with Crippen molar-refractivity contribution in [1.29, 1.82) is 0 Å². The molecule has 0 radical (unpaired) electrons. The van der Waals surface area contributed by atoms with Crippen molar-refractivity contribution < 1.29 is 18.3 Å². The Bertz CT molecular complexity index is 607. The molecule has 112 valence electrons. The van der Waals surface area contributed by atoms with Crippen molar-refractivity contribution in [2.75, 3.05) is 25.5 Å². The lowest BCUT2D eigenvalue weighted by atomic mass is 10.1. The Morgan fingerprint density at radius 2 is 2.15 bits per heavy atom. The van der Waals surface area contributed by atoms with Gasteiger partial charge in [-0.3, -0.25) is 0 Å². The fourth-order valence-electron chi connectivity index (χ4n) is 2.21. The predicted molar refractivity (Wildman–Crippen MR) is 75.9 cm³/mol. The van der Waals surface area contributed by atoms with Crippen molar-refractivity contribution in [3.63, 3.8) is 0 Å². The number of hydrogen-bond acceptors (Lipinski definition) is 5. The van der Waals surface area contributed by atoms with Gasteiger partial charge in [0, 0.05) is 19.6 Å². The summed E-state index contributed by atoms with van der Waals surface area (Å²) in [4.78, 5) is 0.0833. The van der Waals surface area contributed by atoms with E-state index < -0.39 is 15.6 Å². The second-order valence-corrected chi connectivity index (χ2v) is 6.98. The minimum Gasteiger partial charge on any atom is -0.398 e. The number of aliphatic hydroxyl groups is 1. The minimum atomic E-state index is -3.76. The predicted octanol–water partition coefficient (Wildman–Crippen LogP) is 0.315. The molecule has 1 aliphatic heterocycles. The summed E-state index contributed by atoms with van der Waals surface area (Å²) < 4.78 is 32.3. The zero-order chi connectivity index (χ0) is 15.0. The number of nitrogens with two attached hydrogens (primary N) is 1. The van der Waals surface area contributed by atoms with Gasteiger partial charge in [-0.2, -0.15) is 0 Å². The second kappa shape index (κ2) is 5.33. The van der Waals surface area contributed by atoms with Crippen LogP contribution in [0.3, 0.4) is 0 Å². The summed E-state index contributed by atoms with van der Waals surface area (Å²) in [6, 6.07) is 3.35. The molecular formula is C13H20N2O4S. The lowest BCUT2D eigenvalue weighted by Crippen LogP contribution is -2.43. The summed E-state index contributed by atoms with van der Waals surface area (Å²) in [5.41, 5.74) is 6.32. The molecule has 1 atom stereocenters. The summed E-state index contributed by atoms with van der Waals surface area (Å²) in [5, 5.41) is 10.1. The molecule has 1 aliphatic rings. The normalized spacial score (nSPS) is 23.1. The summed E-state index contributed by atoms with van der Waals surface area (Å²) in [6.07, 6.45) is 0.414. The zero-order valence-corrected chi connectivity index (χ0v) is 12.5. The average Bonchev–Trinajstić information content (AvgIpc) is 2.80. The van der Waals surface area contributed by atoms with Crippen LogP contribution in [0.4, 0.5) is 5.69 Å². The molecule has 0 amide bonds. The number of aryl methyl sites for hydroxylation is 1. The molecule has 1 heterocycles. The Balaban J connectivity index is 2.25. The lowest BCUT2D eigenvalue weighted by Gasteiger charge is -2.21. The number of hydrogen-bond donors (Lipinski definition) is 3. The van der Waals surface area contributed by atoms with Gasteiger partial charge < -0.3 is 15.6 Å². The van der Waals surface area contributed by atoms with E-state index in [0.29, 0.717) is 18.6 Å². The fourth-order valence-corrected chi connectivity index (χ4v) is 3.75. The van der Waals surface area contributed by atoms with Gasteiger partial charge >= 0.3 is 0 Å². The van der Waals surface area contributed by atoms with Crippen LogP contribution in [0.5, 0.6) is 0 Å². The largest absolute Gasteiger partial charge is 0.398 e. The Labute approximate surface area is 119 Å². The highest BCUT2D eigenvalue weighted by atomic mass is 32.2. The second-order valence-electron chi connectivity index (χ2n) is 5.28. The number of nitrogens with one attached hydrogen (secondary N) is 1. The van der Waals surface area contributed by atoms with Gasteiger partial charge in [-0.15, -0.1) is 0 Å². The number of nitrogen functional groups attached to an aromatic ring is 1. The maximum Gasteiger partial charge on any atom is 0.242 e. The highest BCUT2D eigenvalue weighted by Gasteiger charge is 2.34. The van der Waals surface area contributed by atoms with Crippen molar-refractivity contribution in [1.82, 2.24) is 4.72 Å². The van der Waals surface area contributed by atoms with Gasteiger partial charge in [-0.1, -0.05) is 6.07 Å². The van der Waals surface area contributed by atoms with Crippen LogP contribution in [0.15, 0.2) is 17.0 Å². The minimum absolute atomic E-state index is 0.0812. The van der Waals surface area contributed by atoms with Gasteiger partial charge in [0.05, 0.1) is 12.3 Å². The van der Waals surface area contributed by atoms with Crippen LogP contribution < -0.4 is 10.5 Å². The summed E-state index contributed by atoms with van der Waals surface area (Å²) in [7, 11) is -3.76. The molecule has 7 heteroatoms. The quantitative estimate of drug-likeness (QED) is 0.695. The van der Waals surface area contributed by atoms with Crippen molar-refractivity contribution in [2.24, 2.45) is 0 Å². The molecule has 4 N–H and O–H groups in total. The molecule has 6 nitrogen and oxygen atoms in total. The smallest absolute Gasteiger partial charge is 0.242 e. The number of anilines is 1. The summed E-state index contributed by atoms with van der Waals surface area (Å²) in [6.45, 7) is 4.03. The SMILES string of the molecule is Cc1ccc(N)c(S(=O)(=O)NCC2(O)CCOC2)c1C.